The molecule has 1 aliphatic rings. The van der Waals surface area contributed by atoms with Crippen LogP contribution >= 0.6 is 0 Å². The molecule has 2 rings (SSSR count). The smallest absolute Gasteiger partial charge is 0.425 e. The summed E-state index contributed by atoms with van der Waals surface area (Å²) in [7, 11) is 0. The fourth-order valence-electron chi connectivity index (χ4n) is 1.94. The van der Waals surface area contributed by atoms with E-state index in [4.69, 9.17) is 9.47 Å². The number of hydrogen-bond acceptors (Lipinski definition) is 5. The van der Waals surface area contributed by atoms with Gasteiger partial charge in [-0.15, -0.1) is 0 Å². The third kappa shape index (κ3) is 3.53. The molecule has 1 atom stereocenters. The third-order valence-corrected chi connectivity index (χ3v) is 3.14. The zero-order valence-corrected chi connectivity index (χ0v) is 11.6. The van der Waals surface area contributed by atoms with Crippen LogP contribution in [0.4, 0.5) is 18.9 Å². The maximum atomic E-state index is 12.7. The first-order valence-corrected chi connectivity index (χ1v) is 6.43. The van der Waals surface area contributed by atoms with E-state index >= 15 is 0 Å². The second kappa shape index (κ2) is 6.30. The lowest BCUT2D eigenvalue weighted by atomic mass is 10.0. The van der Waals surface area contributed by atoms with Gasteiger partial charge in [0.15, 0.2) is 6.10 Å². The Bertz CT molecular complexity index is 601. The number of pyridine rings is 1. The van der Waals surface area contributed by atoms with E-state index in [-0.39, 0.29) is 12.2 Å². The molecule has 2 heterocycles. The molecule has 0 N–H and O–H groups in total. The number of nitro groups is 1. The molecule has 0 amide bonds. The molecule has 0 aliphatic carbocycles. The largest absolute Gasteiger partial charge is 0.474 e. The van der Waals surface area contributed by atoms with Crippen LogP contribution in [-0.4, -0.2) is 35.4 Å². The van der Waals surface area contributed by atoms with Gasteiger partial charge in [0.05, 0.1) is 18.1 Å². The minimum atomic E-state index is -4.63. The molecule has 1 aliphatic heterocycles. The van der Waals surface area contributed by atoms with Crippen LogP contribution in [0.15, 0.2) is 18.5 Å². The van der Waals surface area contributed by atoms with Crippen molar-refractivity contribution in [1.29, 1.82) is 0 Å². The van der Waals surface area contributed by atoms with E-state index in [1.807, 2.05) is 0 Å². The molecule has 0 saturated heterocycles. The molecule has 0 saturated carbocycles. The van der Waals surface area contributed by atoms with Gasteiger partial charge in [0.1, 0.15) is 6.20 Å². The third-order valence-electron chi connectivity index (χ3n) is 3.14. The van der Waals surface area contributed by atoms with Gasteiger partial charge in [-0.25, -0.2) is 0 Å². The standard InChI is InChI=1S/C13H13F3N2O4/c1-8(13(14,15)16)22-12-10(9-2-4-21-5-3-9)6-17-7-11(12)18(19)20/h2,6-8H,3-5H2,1H3/t8-/m0/s1. The molecular weight excluding hydrogens is 305 g/mol. The van der Waals surface area contributed by atoms with Crippen LogP contribution in [0.25, 0.3) is 5.57 Å². The quantitative estimate of drug-likeness (QED) is 0.630. The van der Waals surface area contributed by atoms with Crippen LogP contribution in [-0.2, 0) is 4.74 Å². The lowest BCUT2D eigenvalue weighted by Gasteiger charge is -2.21. The molecule has 1 aromatic heterocycles. The summed E-state index contributed by atoms with van der Waals surface area (Å²) in [6, 6.07) is 0. The molecule has 22 heavy (non-hydrogen) atoms. The molecule has 0 unspecified atom stereocenters. The van der Waals surface area contributed by atoms with E-state index in [1.165, 1.54) is 6.20 Å². The fourth-order valence-corrected chi connectivity index (χ4v) is 1.94. The van der Waals surface area contributed by atoms with Gasteiger partial charge in [-0.3, -0.25) is 15.1 Å². The number of ether oxygens (including phenoxy) is 2. The monoisotopic (exact) mass is 318 g/mol. The van der Waals surface area contributed by atoms with Crippen molar-refractivity contribution in [2.24, 2.45) is 0 Å². The van der Waals surface area contributed by atoms with Crippen molar-refractivity contribution in [1.82, 2.24) is 4.98 Å². The van der Waals surface area contributed by atoms with Gasteiger partial charge in [0.2, 0.25) is 5.75 Å². The van der Waals surface area contributed by atoms with Crippen LogP contribution in [0.1, 0.15) is 18.9 Å². The van der Waals surface area contributed by atoms with Crippen molar-refractivity contribution in [3.8, 4) is 5.75 Å². The Morgan fingerprint density at radius 1 is 1.45 bits per heavy atom. The van der Waals surface area contributed by atoms with Crippen molar-refractivity contribution in [3.63, 3.8) is 0 Å². The van der Waals surface area contributed by atoms with E-state index in [9.17, 15) is 23.3 Å². The first-order valence-electron chi connectivity index (χ1n) is 6.43. The highest BCUT2D eigenvalue weighted by Gasteiger charge is 2.40. The number of hydrogen-bond donors (Lipinski definition) is 0. The normalized spacial score (nSPS) is 16.8. The Labute approximate surface area is 123 Å². The topological polar surface area (TPSA) is 74.5 Å². The first-order chi connectivity index (χ1) is 10.3. The minimum absolute atomic E-state index is 0.189. The van der Waals surface area contributed by atoms with Crippen LogP contribution in [0, 0.1) is 10.1 Å². The number of aromatic nitrogens is 1. The Morgan fingerprint density at radius 2 is 2.18 bits per heavy atom. The zero-order chi connectivity index (χ0) is 16.3. The Hall–Kier alpha value is -2.16. The predicted molar refractivity (Wildman–Crippen MR) is 70.4 cm³/mol. The van der Waals surface area contributed by atoms with Crippen molar-refractivity contribution in [2.45, 2.75) is 25.6 Å². The maximum absolute atomic E-state index is 12.7. The number of alkyl halides is 3. The first kappa shape index (κ1) is 16.2. The average Bonchev–Trinajstić information content (AvgIpc) is 2.47. The Kier molecular flexibility index (Phi) is 4.65. The molecule has 0 radical (unpaired) electrons. The molecule has 0 aromatic carbocycles. The van der Waals surface area contributed by atoms with Gasteiger partial charge < -0.3 is 9.47 Å². The van der Waals surface area contributed by atoms with E-state index in [0.717, 1.165) is 13.1 Å². The summed E-state index contributed by atoms with van der Waals surface area (Å²) in [4.78, 5) is 14.0. The highest BCUT2D eigenvalue weighted by atomic mass is 19.4. The molecular formula is C13H13F3N2O4. The van der Waals surface area contributed by atoms with Crippen molar-refractivity contribution in [2.75, 3.05) is 13.2 Å². The minimum Gasteiger partial charge on any atom is -0.474 e. The van der Waals surface area contributed by atoms with Crippen LogP contribution < -0.4 is 4.74 Å². The second-order valence-electron chi connectivity index (χ2n) is 4.65. The number of nitrogens with zero attached hydrogens (tertiary/aromatic N) is 2. The van der Waals surface area contributed by atoms with Crippen molar-refractivity contribution >= 4 is 11.3 Å². The SMILES string of the molecule is C[C@H](Oc1c(C2=CCOCC2)cncc1[N+](=O)[O-])C(F)(F)F. The number of rotatable bonds is 4. The number of halogens is 3. The molecule has 120 valence electrons. The highest BCUT2D eigenvalue weighted by Crippen LogP contribution is 2.38. The van der Waals surface area contributed by atoms with E-state index < -0.39 is 28.6 Å². The van der Waals surface area contributed by atoms with Crippen LogP contribution in [0.5, 0.6) is 5.75 Å². The van der Waals surface area contributed by atoms with Crippen molar-refractivity contribution in [3.05, 3.63) is 34.1 Å². The molecule has 0 spiro atoms. The summed E-state index contributed by atoms with van der Waals surface area (Å²) in [5, 5.41) is 11.0. The molecule has 1 aromatic rings. The van der Waals surface area contributed by atoms with Gasteiger partial charge in [-0.2, -0.15) is 13.2 Å². The van der Waals surface area contributed by atoms with Gasteiger partial charge >= 0.3 is 11.9 Å². The molecule has 0 fully saturated rings. The average molecular weight is 318 g/mol. The molecule has 0 bridgehead atoms. The lowest BCUT2D eigenvalue weighted by Crippen LogP contribution is -2.31. The molecule has 9 heteroatoms. The lowest BCUT2D eigenvalue weighted by molar-refractivity contribution is -0.386. The van der Waals surface area contributed by atoms with E-state index in [2.05, 4.69) is 4.98 Å². The summed E-state index contributed by atoms with van der Waals surface area (Å²) >= 11 is 0. The Morgan fingerprint density at radius 3 is 2.73 bits per heavy atom. The van der Waals surface area contributed by atoms with E-state index in [1.54, 1.807) is 6.08 Å². The summed E-state index contributed by atoms with van der Waals surface area (Å²) in [5.74, 6) is -0.419. The van der Waals surface area contributed by atoms with E-state index in [0.29, 0.717) is 18.6 Å². The fraction of sp³-hybridized carbons (Fsp3) is 0.462. The highest BCUT2D eigenvalue weighted by molar-refractivity contribution is 5.74. The summed E-state index contributed by atoms with van der Waals surface area (Å²) in [5.41, 5.74) is 0.210. The van der Waals surface area contributed by atoms with Gasteiger partial charge in [-0.05, 0) is 18.9 Å². The van der Waals surface area contributed by atoms with Crippen LogP contribution in [0.3, 0.4) is 0 Å². The maximum Gasteiger partial charge on any atom is 0.425 e. The Balaban J connectivity index is 2.47. The van der Waals surface area contributed by atoms with Crippen LogP contribution in [0.2, 0.25) is 0 Å². The summed E-state index contributed by atoms with van der Waals surface area (Å²) in [6.45, 7) is 1.46. The van der Waals surface area contributed by atoms with Gasteiger partial charge in [0.25, 0.3) is 0 Å². The van der Waals surface area contributed by atoms with Crippen molar-refractivity contribution < 1.29 is 27.6 Å². The second-order valence-corrected chi connectivity index (χ2v) is 4.65. The van der Waals surface area contributed by atoms with Gasteiger partial charge in [0, 0.05) is 11.8 Å². The summed E-state index contributed by atoms with van der Waals surface area (Å²) < 4.78 is 48.1. The summed E-state index contributed by atoms with van der Waals surface area (Å²) in [6.07, 6.45) is -2.59. The van der Waals surface area contributed by atoms with Gasteiger partial charge in [-0.1, -0.05) is 6.08 Å². The predicted octanol–water partition coefficient (Wildman–Crippen LogP) is 3.12. The zero-order valence-electron chi connectivity index (χ0n) is 11.6. The molecule has 6 nitrogen and oxygen atoms in total.